The minimum atomic E-state index is -1.28. The molecule has 0 aliphatic heterocycles. The third-order valence-electron chi connectivity index (χ3n) is 1.17. The van der Waals surface area contributed by atoms with Crippen LogP contribution in [-0.4, -0.2) is 11.2 Å². The van der Waals surface area contributed by atoms with Gasteiger partial charge in [0.1, 0.15) is 5.82 Å². The van der Waals surface area contributed by atoms with Crippen LogP contribution in [0.1, 0.15) is 0 Å². The van der Waals surface area contributed by atoms with Gasteiger partial charge in [0.15, 0.2) is 0 Å². The van der Waals surface area contributed by atoms with Crippen molar-refractivity contribution in [2.75, 3.05) is 5.32 Å². The zero-order valence-electron chi connectivity index (χ0n) is 5.84. The molecular weight excluding hydrogens is 185 g/mol. The summed E-state index contributed by atoms with van der Waals surface area (Å²) >= 11 is 5.55. The minimum Gasteiger partial charge on any atom is -0.465 e. The molecule has 0 saturated heterocycles. The number of rotatable bonds is 1. The maximum Gasteiger partial charge on any atom is 0.409 e. The van der Waals surface area contributed by atoms with Crippen LogP contribution >= 0.6 is 11.6 Å². The highest BCUT2D eigenvalue weighted by Crippen LogP contribution is 2.21. The van der Waals surface area contributed by atoms with Gasteiger partial charge in [-0.15, -0.1) is 0 Å². The second-order valence-electron chi connectivity index (χ2n) is 2.05. The first-order chi connectivity index (χ1) is 5.59. The molecule has 0 saturated carbocycles. The van der Waals surface area contributed by atoms with Crippen LogP contribution in [0.3, 0.4) is 0 Å². The van der Waals surface area contributed by atoms with Gasteiger partial charge in [-0.1, -0.05) is 11.6 Å². The number of hydrogen-bond donors (Lipinski definition) is 2. The number of carbonyl (C=O) groups is 1. The lowest BCUT2D eigenvalue weighted by Crippen LogP contribution is -2.07. The second-order valence-corrected chi connectivity index (χ2v) is 2.46. The summed E-state index contributed by atoms with van der Waals surface area (Å²) in [5, 5.41) is 10.4. The van der Waals surface area contributed by atoms with Crippen LogP contribution in [0, 0.1) is 5.82 Å². The summed E-state index contributed by atoms with van der Waals surface area (Å²) in [6, 6.07) is 3.44. The Hall–Kier alpha value is -1.29. The molecule has 3 nitrogen and oxygen atoms in total. The van der Waals surface area contributed by atoms with Gasteiger partial charge in [-0.05, 0) is 18.2 Å². The van der Waals surface area contributed by atoms with Gasteiger partial charge in [-0.3, -0.25) is 5.32 Å². The Bertz CT molecular complexity index is 316. The fourth-order valence-corrected chi connectivity index (χ4v) is 0.873. The number of halogens is 2. The van der Waals surface area contributed by atoms with E-state index >= 15 is 0 Å². The molecule has 0 atom stereocenters. The Labute approximate surface area is 72.8 Å². The lowest BCUT2D eigenvalue weighted by molar-refractivity contribution is 0.210. The molecule has 12 heavy (non-hydrogen) atoms. The molecule has 0 heterocycles. The Kier molecular flexibility index (Phi) is 2.50. The number of benzene rings is 1. The second kappa shape index (κ2) is 3.40. The fourth-order valence-electron chi connectivity index (χ4n) is 0.708. The maximum atomic E-state index is 12.5. The predicted octanol–water partition coefficient (Wildman–Crippen LogP) is 2.57. The molecule has 0 aromatic heterocycles. The summed E-state index contributed by atoms with van der Waals surface area (Å²) in [6.07, 6.45) is -1.28. The van der Waals surface area contributed by atoms with E-state index in [2.05, 4.69) is 0 Å². The van der Waals surface area contributed by atoms with Gasteiger partial charge < -0.3 is 5.11 Å². The first-order valence-electron chi connectivity index (χ1n) is 3.04. The standard InChI is InChI=1S/C7H5ClFNO2/c8-5-2-1-4(9)3-6(5)10-7(11)12/h1-3,10H,(H,11,12). The zero-order chi connectivity index (χ0) is 9.14. The molecule has 0 aliphatic rings. The molecule has 2 N–H and O–H groups in total. The Balaban J connectivity index is 2.97. The van der Waals surface area contributed by atoms with E-state index in [0.717, 1.165) is 12.1 Å². The Morgan fingerprint density at radius 3 is 2.83 bits per heavy atom. The number of anilines is 1. The highest BCUT2D eigenvalue weighted by atomic mass is 35.5. The van der Waals surface area contributed by atoms with Crippen molar-refractivity contribution in [3.8, 4) is 0 Å². The molecule has 1 amide bonds. The van der Waals surface area contributed by atoms with E-state index in [1.54, 1.807) is 0 Å². The topological polar surface area (TPSA) is 49.3 Å². The Morgan fingerprint density at radius 2 is 2.25 bits per heavy atom. The molecule has 1 rings (SSSR count). The molecule has 0 fully saturated rings. The summed E-state index contributed by atoms with van der Waals surface area (Å²) in [5.74, 6) is -0.539. The molecular formula is C7H5ClFNO2. The van der Waals surface area contributed by atoms with Crippen LogP contribution in [0.25, 0.3) is 0 Å². The minimum absolute atomic E-state index is 0.0455. The molecule has 0 aliphatic carbocycles. The van der Waals surface area contributed by atoms with Crippen molar-refractivity contribution in [3.05, 3.63) is 29.0 Å². The zero-order valence-corrected chi connectivity index (χ0v) is 6.60. The quantitative estimate of drug-likeness (QED) is 0.713. The van der Waals surface area contributed by atoms with Gasteiger partial charge in [0.25, 0.3) is 0 Å². The van der Waals surface area contributed by atoms with Gasteiger partial charge in [-0.25, -0.2) is 9.18 Å². The number of hydrogen-bond acceptors (Lipinski definition) is 1. The number of amides is 1. The van der Waals surface area contributed by atoms with Gasteiger partial charge in [0.2, 0.25) is 0 Å². The summed E-state index contributed by atoms with van der Waals surface area (Å²) < 4.78 is 12.5. The molecule has 5 heteroatoms. The van der Waals surface area contributed by atoms with E-state index in [9.17, 15) is 9.18 Å². The molecule has 1 aromatic carbocycles. The summed E-state index contributed by atoms with van der Waals surface area (Å²) in [6.45, 7) is 0. The number of carboxylic acid groups (broad SMARTS) is 1. The van der Waals surface area contributed by atoms with Crippen molar-refractivity contribution in [2.24, 2.45) is 0 Å². The van der Waals surface area contributed by atoms with E-state index in [1.807, 2.05) is 5.32 Å². The van der Waals surface area contributed by atoms with Crippen LogP contribution in [0.2, 0.25) is 5.02 Å². The first-order valence-corrected chi connectivity index (χ1v) is 3.42. The third-order valence-corrected chi connectivity index (χ3v) is 1.50. The van der Waals surface area contributed by atoms with Crippen molar-refractivity contribution < 1.29 is 14.3 Å². The average molecular weight is 190 g/mol. The van der Waals surface area contributed by atoms with E-state index in [0.29, 0.717) is 0 Å². The van der Waals surface area contributed by atoms with Gasteiger partial charge in [0.05, 0.1) is 10.7 Å². The fraction of sp³-hybridized carbons (Fsp3) is 0. The third kappa shape index (κ3) is 2.10. The average Bonchev–Trinajstić information content (AvgIpc) is 1.96. The van der Waals surface area contributed by atoms with Crippen LogP contribution < -0.4 is 5.32 Å². The van der Waals surface area contributed by atoms with Crippen molar-refractivity contribution in [1.82, 2.24) is 0 Å². The number of nitrogens with one attached hydrogen (secondary N) is 1. The lowest BCUT2D eigenvalue weighted by Gasteiger charge is -2.02. The molecule has 64 valence electrons. The predicted molar refractivity (Wildman–Crippen MR) is 43.1 cm³/mol. The van der Waals surface area contributed by atoms with Gasteiger partial charge >= 0.3 is 6.09 Å². The van der Waals surface area contributed by atoms with Crippen molar-refractivity contribution in [2.45, 2.75) is 0 Å². The first kappa shape index (κ1) is 8.80. The lowest BCUT2D eigenvalue weighted by atomic mass is 10.3. The largest absolute Gasteiger partial charge is 0.465 e. The van der Waals surface area contributed by atoms with Crippen LogP contribution in [-0.2, 0) is 0 Å². The molecule has 1 aromatic rings. The summed E-state index contributed by atoms with van der Waals surface area (Å²) in [7, 11) is 0. The highest BCUT2D eigenvalue weighted by Gasteiger charge is 2.03. The normalized spacial score (nSPS) is 9.50. The van der Waals surface area contributed by atoms with Crippen LogP contribution in [0.5, 0.6) is 0 Å². The monoisotopic (exact) mass is 189 g/mol. The van der Waals surface area contributed by atoms with E-state index in [4.69, 9.17) is 16.7 Å². The molecule has 0 unspecified atom stereocenters. The highest BCUT2D eigenvalue weighted by molar-refractivity contribution is 6.33. The van der Waals surface area contributed by atoms with Crippen molar-refractivity contribution >= 4 is 23.4 Å². The van der Waals surface area contributed by atoms with Crippen molar-refractivity contribution in [1.29, 1.82) is 0 Å². The smallest absolute Gasteiger partial charge is 0.409 e. The summed E-state index contributed by atoms with van der Waals surface area (Å²) in [5.41, 5.74) is 0.0455. The van der Waals surface area contributed by atoms with Crippen LogP contribution in [0.4, 0.5) is 14.9 Å². The maximum absolute atomic E-state index is 12.5. The van der Waals surface area contributed by atoms with Gasteiger partial charge in [0, 0.05) is 0 Å². The van der Waals surface area contributed by atoms with E-state index in [-0.39, 0.29) is 10.7 Å². The summed E-state index contributed by atoms with van der Waals surface area (Å²) in [4.78, 5) is 10.1. The SMILES string of the molecule is O=C(O)Nc1cc(F)ccc1Cl. The molecule has 0 radical (unpaired) electrons. The molecule has 0 bridgehead atoms. The van der Waals surface area contributed by atoms with Crippen molar-refractivity contribution in [3.63, 3.8) is 0 Å². The Morgan fingerprint density at radius 1 is 1.58 bits per heavy atom. The van der Waals surface area contributed by atoms with E-state index in [1.165, 1.54) is 6.07 Å². The van der Waals surface area contributed by atoms with Gasteiger partial charge in [-0.2, -0.15) is 0 Å². The van der Waals surface area contributed by atoms with E-state index < -0.39 is 11.9 Å². The van der Waals surface area contributed by atoms with Crippen LogP contribution in [0.15, 0.2) is 18.2 Å². The molecule has 0 spiro atoms.